The molecule has 3 atom stereocenters. The lowest BCUT2D eigenvalue weighted by atomic mass is 9.79. The fourth-order valence-corrected chi connectivity index (χ4v) is 5.83. The van der Waals surface area contributed by atoms with Crippen molar-refractivity contribution in [3.05, 3.63) is 71.4 Å². The molecule has 5 nitrogen and oxygen atoms in total. The minimum absolute atomic E-state index is 0.0989. The van der Waals surface area contributed by atoms with Crippen molar-refractivity contribution < 1.29 is 27.8 Å². The molecule has 0 radical (unpaired) electrons. The van der Waals surface area contributed by atoms with E-state index in [-0.39, 0.29) is 18.3 Å². The minimum atomic E-state index is -1.15. The molecular weight excluding hydrogens is 505 g/mol. The maximum absolute atomic E-state index is 15.5. The lowest BCUT2D eigenvalue weighted by molar-refractivity contribution is -0.137. The molecule has 39 heavy (non-hydrogen) atoms. The molecule has 0 bridgehead atoms. The van der Waals surface area contributed by atoms with Gasteiger partial charge in [0.25, 0.3) is 0 Å². The Morgan fingerprint density at radius 1 is 1.15 bits per heavy atom. The Kier molecular flexibility index (Phi) is 10.2. The number of aromatic nitrogens is 1. The Morgan fingerprint density at radius 2 is 2.00 bits per heavy atom. The Hall–Kier alpha value is -3.13. The van der Waals surface area contributed by atoms with Gasteiger partial charge < -0.3 is 14.7 Å². The van der Waals surface area contributed by atoms with Gasteiger partial charge >= 0.3 is 5.97 Å². The number of likely N-dealkylation sites (tertiary alicyclic amines) is 1. The van der Waals surface area contributed by atoms with Crippen LogP contribution in [0.4, 0.5) is 13.2 Å². The molecule has 4 rings (SSSR count). The van der Waals surface area contributed by atoms with Crippen LogP contribution in [0.3, 0.4) is 0 Å². The number of halogens is 3. The van der Waals surface area contributed by atoms with Gasteiger partial charge in [0.2, 0.25) is 0 Å². The lowest BCUT2D eigenvalue weighted by Crippen LogP contribution is -2.41. The maximum Gasteiger partial charge on any atom is 0.303 e. The summed E-state index contributed by atoms with van der Waals surface area (Å²) in [5.41, 5.74) is 1.73. The number of hydrogen-bond acceptors (Lipinski definition) is 4. The number of fused-ring (bicyclic) bond motifs is 1. The van der Waals surface area contributed by atoms with Gasteiger partial charge in [-0.2, -0.15) is 0 Å². The molecule has 1 saturated heterocycles. The highest BCUT2D eigenvalue weighted by Gasteiger charge is 2.30. The van der Waals surface area contributed by atoms with Crippen LogP contribution in [-0.2, 0) is 11.2 Å². The second kappa shape index (κ2) is 13.8. The van der Waals surface area contributed by atoms with E-state index in [1.54, 1.807) is 25.4 Å². The first kappa shape index (κ1) is 28.9. The summed E-state index contributed by atoms with van der Waals surface area (Å²) in [6, 6.07) is 11.5. The van der Waals surface area contributed by atoms with Crippen LogP contribution in [0.2, 0.25) is 0 Å². The molecule has 0 spiro atoms. The molecule has 210 valence electrons. The van der Waals surface area contributed by atoms with Crippen molar-refractivity contribution >= 4 is 16.9 Å². The van der Waals surface area contributed by atoms with Crippen LogP contribution < -0.4 is 4.74 Å². The largest absolute Gasteiger partial charge is 0.497 e. The van der Waals surface area contributed by atoms with Gasteiger partial charge in [0, 0.05) is 24.5 Å². The van der Waals surface area contributed by atoms with E-state index in [9.17, 15) is 18.7 Å². The Labute approximate surface area is 228 Å². The smallest absolute Gasteiger partial charge is 0.303 e. The number of benzene rings is 2. The van der Waals surface area contributed by atoms with Crippen molar-refractivity contribution in [3.8, 4) is 5.75 Å². The first-order valence-corrected chi connectivity index (χ1v) is 13.8. The number of methoxy groups -OCH3 is 1. The van der Waals surface area contributed by atoms with E-state index in [1.165, 1.54) is 6.07 Å². The zero-order valence-electron chi connectivity index (χ0n) is 22.4. The number of rotatable bonds is 13. The summed E-state index contributed by atoms with van der Waals surface area (Å²) in [5, 5.41) is 10.0. The van der Waals surface area contributed by atoms with E-state index in [0.717, 1.165) is 55.9 Å². The van der Waals surface area contributed by atoms with Crippen molar-refractivity contribution in [2.45, 2.75) is 57.5 Å². The van der Waals surface area contributed by atoms with Gasteiger partial charge in [-0.25, -0.2) is 13.2 Å². The third-order valence-electron chi connectivity index (χ3n) is 8.02. The highest BCUT2D eigenvalue weighted by Crippen LogP contribution is 2.36. The topological polar surface area (TPSA) is 62.7 Å². The number of pyridine rings is 1. The Bertz CT molecular complexity index is 1250. The van der Waals surface area contributed by atoms with Gasteiger partial charge in [0.15, 0.2) is 11.6 Å². The van der Waals surface area contributed by atoms with E-state index in [4.69, 9.17) is 4.74 Å². The number of ether oxygens (including phenoxy) is 1. The van der Waals surface area contributed by atoms with Crippen molar-refractivity contribution in [1.29, 1.82) is 0 Å². The van der Waals surface area contributed by atoms with Crippen LogP contribution in [0, 0.1) is 23.5 Å². The molecule has 2 heterocycles. The molecule has 0 amide bonds. The molecule has 2 aromatic carbocycles. The Balaban J connectivity index is 1.32. The number of aliphatic carboxylic acids is 1. The number of nitrogens with zero attached hydrogens (tertiary/aromatic N) is 2. The van der Waals surface area contributed by atoms with Crippen LogP contribution in [-0.4, -0.2) is 47.7 Å². The first-order valence-electron chi connectivity index (χ1n) is 13.8. The minimum Gasteiger partial charge on any atom is -0.497 e. The van der Waals surface area contributed by atoms with E-state index >= 15 is 4.39 Å². The SMILES string of the molecule is COc1ccc2nccc([C@H](F)CC[C@@H]3CCN(CCCCc4cccc(F)c4F)C[C@H]3CCC(=O)O)c2c1. The lowest BCUT2D eigenvalue weighted by Gasteiger charge is -2.39. The molecule has 0 unspecified atom stereocenters. The van der Waals surface area contributed by atoms with E-state index in [1.807, 2.05) is 18.2 Å². The van der Waals surface area contributed by atoms with E-state index in [2.05, 4.69) is 9.88 Å². The number of carbonyl (C=O) groups is 1. The van der Waals surface area contributed by atoms with Gasteiger partial charge in [-0.3, -0.25) is 9.78 Å². The van der Waals surface area contributed by atoms with Crippen LogP contribution >= 0.6 is 0 Å². The number of alkyl halides is 1. The molecule has 1 aliphatic rings. The molecule has 1 aromatic heterocycles. The first-order chi connectivity index (χ1) is 18.9. The summed E-state index contributed by atoms with van der Waals surface area (Å²) in [6.45, 7) is 2.47. The van der Waals surface area contributed by atoms with Crippen molar-refractivity contribution in [2.75, 3.05) is 26.7 Å². The predicted octanol–water partition coefficient (Wildman–Crippen LogP) is 7.14. The number of carboxylic acids is 1. The van der Waals surface area contributed by atoms with Crippen LogP contribution in [0.5, 0.6) is 5.75 Å². The normalized spacial score (nSPS) is 18.8. The zero-order valence-corrected chi connectivity index (χ0v) is 22.4. The summed E-state index contributed by atoms with van der Waals surface area (Å²) in [7, 11) is 1.58. The zero-order chi connectivity index (χ0) is 27.8. The average molecular weight is 543 g/mol. The maximum atomic E-state index is 15.5. The highest BCUT2D eigenvalue weighted by atomic mass is 19.2. The molecule has 1 aliphatic heterocycles. The van der Waals surface area contributed by atoms with Gasteiger partial charge in [-0.05, 0) is 111 Å². The van der Waals surface area contributed by atoms with Crippen LogP contribution in [0.25, 0.3) is 10.9 Å². The van der Waals surface area contributed by atoms with Gasteiger partial charge in [-0.1, -0.05) is 12.1 Å². The number of hydrogen-bond donors (Lipinski definition) is 1. The van der Waals surface area contributed by atoms with Gasteiger partial charge in [0.05, 0.1) is 12.6 Å². The molecule has 3 aromatic rings. The number of carboxylic acid groups (broad SMARTS) is 1. The summed E-state index contributed by atoms with van der Waals surface area (Å²) < 4.78 is 48.2. The second-order valence-electron chi connectivity index (χ2n) is 10.5. The monoisotopic (exact) mass is 542 g/mol. The molecule has 1 fully saturated rings. The van der Waals surface area contributed by atoms with E-state index < -0.39 is 23.8 Å². The molecule has 0 aliphatic carbocycles. The Morgan fingerprint density at radius 3 is 2.79 bits per heavy atom. The van der Waals surface area contributed by atoms with Gasteiger partial charge in [-0.15, -0.1) is 0 Å². The van der Waals surface area contributed by atoms with Crippen LogP contribution in [0.1, 0.15) is 62.2 Å². The quantitative estimate of drug-likeness (QED) is 0.233. The third kappa shape index (κ3) is 7.72. The van der Waals surface area contributed by atoms with Crippen LogP contribution in [0.15, 0.2) is 48.7 Å². The summed E-state index contributed by atoms with van der Waals surface area (Å²) in [6.07, 6.45) is 5.16. The number of unbranched alkanes of at least 4 members (excludes halogenated alkanes) is 1. The average Bonchev–Trinajstić information content (AvgIpc) is 2.94. The summed E-state index contributed by atoms with van der Waals surface area (Å²) in [5.74, 6) is -1.31. The summed E-state index contributed by atoms with van der Waals surface area (Å²) >= 11 is 0. The van der Waals surface area contributed by atoms with Crippen molar-refractivity contribution in [1.82, 2.24) is 9.88 Å². The number of aryl methyl sites for hydroxylation is 1. The summed E-state index contributed by atoms with van der Waals surface area (Å²) in [4.78, 5) is 18.0. The number of piperidine rings is 1. The molecule has 0 saturated carbocycles. The predicted molar refractivity (Wildman–Crippen MR) is 146 cm³/mol. The standard InChI is InChI=1S/C31H37F3N2O3/c1-39-24-10-12-29-26(19-24)25(14-16-35-29)27(32)11-8-21-15-18-36(20-23(21)9-13-30(37)38)17-3-2-5-22-6-4-7-28(33)31(22)34/h4,6-7,10,12,14,16,19,21,23,27H,2-3,5,8-9,11,13,15,17-18,20H2,1H3,(H,37,38)/t21-,23-,27-/m1/s1. The van der Waals surface area contributed by atoms with Gasteiger partial charge in [0.1, 0.15) is 11.9 Å². The fourth-order valence-electron chi connectivity index (χ4n) is 5.83. The van der Waals surface area contributed by atoms with Crippen molar-refractivity contribution in [2.24, 2.45) is 11.8 Å². The fraction of sp³-hybridized carbons (Fsp3) is 0.484. The second-order valence-corrected chi connectivity index (χ2v) is 10.5. The molecule has 1 N–H and O–H groups in total. The highest BCUT2D eigenvalue weighted by molar-refractivity contribution is 5.83. The van der Waals surface area contributed by atoms with Crippen molar-refractivity contribution in [3.63, 3.8) is 0 Å². The van der Waals surface area contributed by atoms with E-state index in [0.29, 0.717) is 42.6 Å². The third-order valence-corrected chi connectivity index (χ3v) is 8.02. The molecular formula is C31H37F3N2O3. The molecule has 8 heteroatoms.